The Bertz CT molecular complexity index is 887. The fraction of sp³-hybridized carbons (Fsp3) is 0.350. The molecule has 3 unspecified atom stereocenters. The molecule has 0 bridgehead atoms. The van der Waals surface area contributed by atoms with Gasteiger partial charge in [0.05, 0.1) is 37.1 Å². The molecule has 154 valence electrons. The standard InChI is InChI=1S/C20H24N4O5/c1-12(14-6-9-17(28-2)18(10-14)29-3)22-20(25)16-11-21-23-19(16)13-4-7-15(8-5-13)24(26)27/h4-10,12,16,19,21,23H,11H2,1-3H3,(H,22,25). The lowest BCUT2D eigenvalue weighted by atomic mass is 9.93. The second-order valence-electron chi connectivity index (χ2n) is 6.80. The van der Waals surface area contributed by atoms with Crippen molar-refractivity contribution in [1.82, 2.24) is 16.2 Å². The van der Waals surface area contributed by atoms with Crippen molar-refractivity contribution >= 4 is 11.6 Å². The van der Waals surface area contributed by atoms with Crippen LogP contribution in [0, 0.1) is 16.0 Å². The number of carbonyl (C=O) groups excluding carboxylic acids is 1. The number of methoxy groups -OCH3 is 2. The van der Waals surface area contributed by atoms with Gasteiger partial charge in [-0.3, -0.25) is 20.3 Å². The Labute approximate surface area is 168 Å². The highest BCUT2D eigenvalue weighted by Gasteiger charge is 2.34. The van der Waals surface area contributed by atoms with Crippen molar-refractivity contribution in [3.05, 3.63) is 63.7 Å². The second kappa shape index (κ2) is 8.89. The number of nitrogens with zero attached hydrogens (tertiary/aromatic N) is 1. The maximum absolute atomic E-state index is 12.9. The van der Waals surface area contributed by atoms with Crippen LogP contribution in [0.5, 0.6) is 11.5 Å². The Hall–Kier alpha value is -3.17. The summed E-state index contributed by atoms with van der Waals surface area (Å²) in [6.07, 6.45) is 0. The van der Waals surface area contributed by atoms with Gasteiger partial charge in [-0.2, -0.15) is 0 Å². The van der Waals surface area contributed by atoms with Gasteiger partial charge < -0.3 is 14.8 Å². The average molecular weight is 400 g/mol. The molecule has 3 rings (SSSR count). The minimum Gasteiger partial charge on any atom is -0.493 e. The maximum Gasteiger partial charge on any atom is 0.269 e. The Morgan fingerprint density at radius 3 is 2.48 bits per heavy atom. The molecule has 2 aromatic rings. The van der Waals surface area contributed by atoms with Crippen molar-refractivity contribution < 1.29 is 19.2 Å². The highest BCUT2D eigenvalue weighted by molar-refractivity contribution is 5.80. The molecule has 1 heterocycles. The summed E-state index contributed by atoms with van der Waals surface area (Å²) >= 11 is 0. The predicted molar refractivity (Wildman–Crippen MR) is 107 cm³/mol. The van der Waals surface area contributed by atoms with Crippen LogP contribution in [-0.2, 0) is 4.79 Å². The molecule has 1 aliphatic heterocycles. The summed E-state index contributed by atoms with van der Waals surface area (Å²) in [5.74, 6) is 0.739. The Morgan fingerprint density at radius 1 is 1.17 bits per heavy atom. The average Bonchev–Trinajstić information content (AvgIpc) is 3.23. The van der Waals surface area contributed by atoms with E-state index in [4.69, 9.17) is 9.47 Å². The lowest BCUT2D eigenvalue weighted by Crippen LogP contribution is -2.36. The van der Waals surface area contributed by atoms with Crippen LogP contribution in [-0.4, -0.2) is 31.6 Å². The van der Waals surface area contributed by atoms with Crippen molar-refractivity contribution in [2.45, 2.75) is 19.0 Å². The first-order valence-electron chi connectivity index (χ1n) is 9.19. The van der Waals surface area contributed by atoms with Crippen LogP contribution in [0.3, 0.4) is 0 Å². The topological polar surface area (TPSA) is 115 Å². The normalized spacial score (nSPS) is 19.4. The quantitative estimate of drug-likeness (QED) is 0.482. The number of rotatable bonds is 7. The SMILES string of the molecule is COc1ccc(C(C)NC(=O)C2CNNC2c2ccc([N+](=O)[O-])cc2)cc1OC. The summed E-state index contributed by atoms with van der Waals surface area (Å²) in [5, 5.41) is 13.9. The first-order valence-corrected chi connectivity index (χ1v) is 9.19. The lowest BCUT2D eigenvalue weighted by Gasteiger charge is -2.22. The van der Waals surface area contributed by atoms with E-state index in [1.165, 1.54) is 12.1 Å². The molecule has 9 nitrogen and oxygen atoms in total. The number of benzene rings is 2. The molecular weight excluding hydrogens is 376 g/mol. The van der Waals surface area contributed by atoms with Crippen molar-refractivity contribution in [2.75, 3.05) is 20.8 Å². The molecule has 1 saturated heterocycles. The zero-order valence-corrected chi connectivity index (χ0v) is 16.5. The largest absolute Gasteiger partial charge is 0.493 e. The minimum atomic E-state index is -0.445. The van der Waals surface area contributed by atoms with Crippen LogP contribution in [0.2, 0.25) is 0 Å². The van der Waals surface area contributed by atoms with Gasteiger partial charge >= 0.3 is 0 Å². The number of carbonyl (C=O) groups is 1. The first kappa shape index (κ1) is 20.6. The number of hydrogen-bond acceptors (Lipinski definition) is 7. The number of hydrogen-bond donors (Lipinski definition) is 3. The summed E-state index contributed by atoms with van der Waals surface area (Å²) in [7, 11) is 3.14. The molecule has 3 atom stereocenters. The maximum atomic E-state index is 12.9. The van der Waals surface area contributed by atoms with Gasteiger partial charge in [-0.25, -0.2) is 5.43 Å². The highest BCUT2D eigenvalue weighted by Crippen LogP contribution is 2.31. The highest BCUT2D eigenvalue weighted by atomic mass is 16.6. The van der Waals surface area contributed by atoms with E-state index in [1.54, 1.807) is 32.4 Å². The van der Waals surface area contributed by atoms with Crippen LogP contribution in [0.1, 0.15) is 30.1 Å². The molecule has 2 aromatic carbocycles. The molecule has 1 fully saturated rings. The van der Waals surface area contributed by atoms with E-state index in [-0.39, 0.29) is 29.6 Å². The third-order valence-electron chi connectivity index (χ3n) is 5.05. The number of non-ortho nitro benzene ring substituents is 1. The molecule has 9 heteroatoms. The predicted octanol–water partition coefficient (Wildman–Crippen LogP) is 2.25. The monoisotopic (exact) mass is 400 g/mol. The van der Waals surface area contributed by atoms with Crippen molar-refractivity contribution in [2.24, 2.45) is 5.92 Å². The number of nitro benzene ring substituents is 1. The van der Waals surface area contributed by atoms with Crippen LogP contribution in [0.15, 0.2) is 42.5 Å². The lowest BCUT2D eigenvalue weighted by molar-refractivity contribution is -0.384. The van der Waals surface area contributed by atoms with Crippen molar-refractivity contribution in [3.63, 3.8) is 0 Å². The van der Waals surface area contributed by atoms with Gasteiger partial charge in [-0.15, -0.1) is 0 Å². The summed E-state index contributed by atoms with van der Waals surface area (Å²) < 4.78 is 10.6. The van der Waals surface area contributed by atoms with Gasteiger partial charge in [0.15, 0.2) is 11.5 Å². The number of hydrazine groups is 1. The zero-order chi connectivity index (χ0) is 21.0. The Morgan fingerprint density at radius 2 is 1.86 bits per heavy atom. The molecule has 0 aromatic heterocycles. The number of ether oxygens (including phenoxy) is 2. The molecular formula is C20H24N4O5. The van der Waals surface area contributed by atoms with Crippen molar-refractivity contribution in [1.29, 1.82) is 0 Å². The van der Waals surface area contributed by atoms with E-state index in [2.05, 4.69) is 16.2 Å². The van der Waals surface area contributed by atoms with Crippen LogP contribution in [0.25, 0.3) is 0 Å². The molecule has 3 N–H and O–H groups in total. The van der Waals surface area contributed by atoms with Crippen molar-refractivity contribution in [3.8, 4) is 11.5 Å². The summed E-state index contributed by atoms with van der Waals surface area (Å²) in [5.41, 5.74) is 7.80. The van der Waals surface area contributed by atoms with E-state index < -0.39 is 4.92 Å². The van der Waals surface area contributed by atoms with Gasteiger partial charge in [-0.1, -0.05) is 18.2 Å². The summed E-state index contributed by atoms with van der Waals surface area (Å²) in [4.78, 5) is 23.3. The van der Waals surface area contributed by atoms with Crippen LogP contribution >= 0.6 is 0 Å². The number of amides is 1. The van der Waals surface area contributed by atoms with E-state index >= 15 is 0 Å². The first-order chi connectivity index (χ1) is 13.9. The Balaban J connectivity index is 1.71. The molecule has 29 heavy (non-hydrogen) atoms. The van der Waals surface area contributed by atoms with Crippen LogP contribution < -0.4 is 25.6 Å². The number of nitro groups is 1. The van der Waals surface area contributed by atoms with Gasteiger partial charge in [0.1, 0.15) is 0 Å². The van der Waals surface area contributed by atoms with Gasteiger partial charge in [0, 0.05) is 18.7 Å². The molecule has 0 radical (unpaired) electrons. The smallest absolute Gasteiger partial charge is 0.269 e. The van der Waals surface area contributed by atoms with Crippen LogP contribution in [0.4, 0.5) is 5.69 Å². The fourth-order valence-electron chi connectivity index (χ4n) is 3.39. The number of nitrogens with one attached hydrogen (secondary N) is 3. The summed E-state index contributed by atoms with van der Waals surface area (Å²) in [6.45, 7) is 2.35. The van der Waals surface area contributed by atoms with Gasteiger partial charge in [-0.05, 0) is 30.2 Å². The second-order valence-corrected chi connectivity index (χ2v) is 6.80. The Kier molecular flexibility index (Phi) is 6.30. The third kappa shape index (κ3) is 4.47. The fourth-order valence-corrected chi connectivity index (χ4v) is 3.39. The molecule has 0 saturated carbocycles. The molecule has 0 spiro atoms. The van der Waals surface area contributed by atoms with E-state index in [1.807, 2.05) is 19.1 Å². The summed E-state index contributed by atoms with van der Waals surface area (Å²) in [6, 6.07) is 11.2. The van der Waals surface area contributed by atoms with Gasteiger partial charge in [0.25, 0.3) is 5.69 Å². The minimum absolute atomic E-state index is 0.0165. The zero-order valence-electron chi connectivity index (χ0n) is 16.5. The third-order valence-corrected chi connectivity index (χ3v) is 5.05. The van der Waals surface area contributed by atoms with Gasteiger partial charge in [0.2, 0.25) is 5.91 Å². The molecule has 1 amide bonds. The van der Waals surface area contributed by atoms with E-state index in [9.17, 15) is 14.9 Å². The van der Waals surface area contributed by atoms with E-state index in [0.29, 0.717) is 18.0 Å². The molecule has 1 aliphatic rings. The van der Waals surface area contributed by atoms with E-state index in [0.717, 1.165) is 11.1 Å². The molecule has 0 aliphatic carbocycles.